The highest BCUT2D eigenvalue weighted by molar-refractivity contribution is 7.27. The average molecular weight is 720 g/mol. The summed E-state index contributed by atoms with van der Waals surface area (Å²) in [7, 11) is 0. The minimum Gasteiger partial charge on any atom is -0.456 e. The maximum Gasteiger partial charge on any atom is 0.135 e. The molecule has 0 saturated carbocycles. The van der Waals surface area contributed by atoms with Gasteiger partial charge in [-0.1, -0.05) is 158 Å². The maximum absolute atomic E-state index is 6.30. The fourth-order valence-electron chi connectivity index (χ4n) is 8.25. The highest BCUT2D eigenvalue weighted by Crippen LogP contribution is 2.48. The molecule has 0 amide bonds. The zero-order valence-corrected chi connectivity index (χ0v) is 30.6. The van der Waals surface area contributed by atoms with Crippen LogP contribution in [0.1, 0.15) is 0 Å². The van der Waals surface area contributed by atoms with Crippen LogP contribution in [0.2, 0.25) is 0 Å². The number of hydrogen-bond acceptors (Lipinski definition) is 3. The molecule has 258 valence electrons. The Labute approximate surface area is 322 Å². The van der Waals surface area contributed by atoms with Gasteiger partial charge in [0, 0.05) is 37.6 Å². The van der Waals surface area contributed by atoms with Crippen molar-refractivity contribution in [2.75, 3.05) is 4.90 Å². The molecular weight excluding hydrogens is 687 g/mol. The van der Waals surface area contributed by atoms with Crippen LogP contribution in [0.15, 0.2) is 205 Å². The number of para-hydroxylation sites is 1. The van der Waals surface area contributed by atoms with Crippen molar-refractivity contribution in [3.05, 3.63) is 200 Å². The number of benzene rings is 9. The van der Waals surface area contributed by atoms with Crippen molar-refractivity contribution in [3.8, 4) is 33.4 Å². The molecule has 0 atom stereocenters. The predicted molar refractivity (Wildman–Crippen MR) is 235 cm³/mol. The third kappa shape index (κ3) is 5.32. The van der Waals surface area contributed by atoms with E-state index in [2.05, 4.69) is 193 Å². The van der Waals surface area contributed by atoms with Gasteiger partial charge in [-0.25, -0.2) is 0 Å². The summed E-state index contributed by atoms with van der Waals surface area (Å²) in [5.74, 6) is 0. The zero-order chi connectivity index (χ0) is 36.3. The Hall–Kier alpha value is -6.94. The molecule has 0 bridgehead atoms. The van der Waals surface area contributed by atoms with Crippen LogP contribution in [-0.4, -0.2) is 0 Å². The van der Waals surface area contributed by atoms with Gasteiger partial charge in [0.15, 0.2) is 0 Å². The van der Waals surface area contributed by atoms with Crippen LogP contribution in [0.3, 0.4) is 0 Å². The summed E-state index contributed by atoms with van der Waals surface area (Å²) in [6.07, 6.45) is 0. The van der Waals surface area contributed by atoms with E-state index in [4.69, 9.17) is 4.42 Å². The van der Waals surface area contributed by atoms with Gasteiger partial charge >= 0.3 is 0 Å². The van der Waals surface area contributed by atoms with Crippen molar-refractivity contribution in [2.24, 2.45) is 0 Å². The fraction of sp³-hybridized carbons (Fsp3) is 0. The number of anilines is 3. The lowest BCUT2D eigenvalue weighted by molar-refractivity contribution is 0.669. The van der Waals surface area contributed by atoms with Crippen LogP contribution in [-0.2, 0) is 0 Å². The molecule has 0 saturated heterocycles. The van der Waals surface area contributed by atoms with Crippen molar-refractivity contribution in [1.82, 2.24) is 0 Å². The van der Waals surface area contributed by atoms with E-state index in [1.54, 1.807) is 0 Å². The molecule has 0 aliphatic rings. The molecule has 2 nitrogen and oxygen atoms in total. The summed E-state index contributed by atoms with van der Waals surface area (Å²) in [5, 5.41) is 7.23. The molecule has 3 heteroatoms. The van der Waals surface area contributed by atoms with Crippen molar-refractivity contribution in [1.29, 1.82) is 0 Å². The lowest BCUT2D eigenvalue weighted by Gasteiger charge is -2.27. The third-order valence-corrected chi connectivity index (χ3v) is 12.1. The molecule has 0 N–H and O–H groups in total. The Balaban J connectivity index is 1.12. The standard InChI is InChI=1S/C52H33NOS/c1-2-12-34(13-3-1)35-26-28-37(29-27-35)43-21-10-22-45-46-23-11-24-48(52(46)55-51(43)45)53(40-30-31-50-47(33-40)44-19-6-7-25-49(44)54-50)39-17-8-16-38(32-39)42-20-9-15-36-14-4-5-18-41(36)42/h1-33H. The van der Waals surface area contributed by atoms with E-state index in [-0.39, 0.29) is 0 Å². The molecule has 0 spiro atoms. The largest absolute Gasteiger partial charge is 0.456 e. The third-order valence-electron chi connectivity index (χ3n) is 10.9. The molecular formula is C52H33NOS. The van der Waals surface area contributed by atoms with Gasteiger partial charge in [-0.15, -0.1) is 11.3 Å². The SMILES string of the molecule is c1ccc(-c2ccc(-c3cccc4c3sc3c(N(c5cccc(-c6cccc7ccccc67)c5)c5ccc6oc7ccccc7c6c5)cccc34)cc2)cc1. The minimum atomic E-state index is 0.886. The van der Waals surface area contributed by atoms with Crippen LogP contribution in [0.4, 0.5) is 17.1 Å². The van der Waals surface area contributed by atoms with Gasteiger partial charge in [0.2, 0.25) is 0 Å². The van der Waals surface area contributed by atoms with Crippen molar-refractivity contribution in [2.45, 2.75) is 0 Å². The Bertz CT molecular complexity index is 3200. The van der Waals surface area contributed by atoms with E-state index in [9.17, 15) is 0 Å². The van der Waals surface area contributed by atoms with E-state index in [1.807, 2.05) is 23.5 Å². The molecule has 0 fully saturated rings. The molecule has 11 rings (SSSR count). The lowest BCUT2D eigenvalue weighted by Crippen LogP contribution is -2.10. The normalized spacial score (nSPS) is 11.6. The van der Waals surface area contributed by atoms with E-state index in [1.165, 1.54) is 64.3 Å². The second-order valence-electron chi connectivity index (χ2n) is 14.1. The number of furan rings is 1. The molecule has 2 heterocycles. The van der Waals surface area contributed by atoms with Gasteiger partial charge in [-0.3, -0.25) is 0 Å². The Morgan fingerprint density at radius 1 is 0.345 bits per heavy atom. The Morgan fingerprint density at radius 2 is 0.945 bits per heavy atom. The van der Waals surface area contributed by atoms with Crippen LogP contribution in [0.25, 0.3) is 86.3 Å². The van der Waals surface area contributed by atoms with Gasteiger partial charge in [-0.2, -0.15) is 0 Å². The number of hydrogen-bond donors (Lipinski definition) is 0. The van der Waals surface area contributed by atoms with Crippen LogP contribution >= 0.6 is 11.3 Å². The number of fused-ring (bicyclic) bond motifs is 7. The molecule has 2 aromatic heterocycles. The summed E-state index contributed by atoms with van der Waals surface area (Å²) in [5.41, 5.74) is 12.4. The van der Waals surface area contributed by atoms with E-state index in [0.717, 1.165) is 39.0 Å². The highest BCUT2D eigenvalue weighted by atomic mass is 32.1. The van der Waals surface area contributed by atoms with Gasteiger partial charge in [0.1, 0.15) is 11.2 Å². The fourth-order valence-corrected chi connectivity index (χ4v) is 9.59. The number of rotatable bonds is 6. The summed E-state index contributed by atoms with van der Waals surface area (Å²) in [6.45, 7) is 0. The first-order valence-corrected chi connectivity index (χ1v) is 19.5. The smallest absolute Gasteiger partial charge is 0.135 e. The minimum absolute atomic E-state index is 0.886. The number of nitrogens with zero attached hydrogens (tertiary/aromatic N) is 1. The molecule has 0 unspecified atom stereocenters. The second-order valence-corrected chi connectivity index (χ2v) is 15.1. The average Bonchev–Trinajstić information content (AvgIpc) is 3.83. The van der Waals surface area contributed by atoms with E-state index < -0.39 is 0 Å². The van der Waals surface area contributed by atoms with Gasteiger partial charge in [-0.05, 0) is 86.6 Å². The van der Waals surface area contributed by atoms with Crippen molar-refractivity contribution < 1.29 is 4.42 Å². The van der Waals surface area contributed by atoms with Crippen molar-refractivity contribution >= 4 is 81.3 Å². The monoisotopic (exact) mass is 719 g/mol. The summed E-state index contributed by atoms with van der Waals surface area (Å²) < 4.78 is 8.84. The lowest BCUT2D eigenvalue weighted by atomic mass is 9.97. The zero-order valence-electron chi connectivity index (χ0n) is 29.8. The topological polar surface area (TPSA) is 16.4 Å². The molecule has 0 aliphatic carbocycles. The first kappa shape index (κ1) is 31.6. The Morgan fingerprint density at radius 3 is 1.84 bits per heavy atom. The first-order chi connectivity index (χ1) is 27.3. The van der Waals surface area contributed by atoms with Crippen LogP contribution in [0, 0.1) is 0 Å². The molecule has 0 radical (unpaired) electrons. The van der Waals surface area contributed by atoms with Gasteiger partial charge < -0.3 is 9.32 Å². The summed E-state index contributed by atoms with van der Waals surface area (Å²) >= 11 is 1.88. The predicted octanol–water partition coefficient (Wildman–Crippen LogP) is 15.6. The Kier molecular flexibility index (Phi) is 7.39. The molecule has 55 heavy (non-hydrogen) atoms. The molecule has 11 aromatic rings. The molecule has 0 aliphatic heterocycles. The van der Waals surface area contributed by atoms with Gasteiger partial charge in [0.25, 0.3) is 0 Å². The summed E-state index contributed by atoms with van der Waals surface area (Å²) in [4.78, 5) is 2.43. The van der Waals surface area contributed by atoms with E-state index in [0.29, 0.717) is 0 Å². The second kappa shape index (κ2) is 12.9. The first-order valence-electron chi connectivity index (χ1n) is 18.7. The maximum atomic E-state index is 6.30. The highest BCUT2D eigenvalue weighted by Gasteiger charge is 2.21. The quantitative estimate of drug-likeness (QED) is 0.170. The molecule has 9 aromatic carbocycles. The van der Waals surface area contributed by atoms with Gasteiger partial charge in [0.05, 0.1) is 10.4 Å². The van der Waals surface area contributed by atoms with Crippen LogP contribution in [0.5, 0.6) is 0 Å². The van der Waals surface area contributed by atoms with Crippen LogP contribution < -0.4 is 4.90 Å². The van der Waals surface area contributed by atoms with Crippen molar-refractivity contribution in [3.63, 3.8) is 0 Å². The van der Waals surface area contributed by atoms with E-state index >= 15 is 0 Å². The number of thiophene rings is 1. The summed E-state index contributed by atoms with van der Waals surface area (Å²) in [6, 6.07) is 72.2.